The normalized spacial score (nSPS) is 25.3. The lowest BCUT2D eigenvalue weighted by atomic mass is 9.84. The Morgan fingerprint density at radius 2 is 2.00 bits per heavy atom. The van der Waals surface area contributed by atoms with E-state index in [0.29, 0.717) is 6.04 Å². The highest BCUT2D eigenvalue weighted by Gasteiger charge is 2.23. The van der Waals surface area contributed by atoms with Gasteiger partial charge < -0.3 is 5.32 Å². The van der Waals surface area contributed by atoms with E-state index in [1.165, 1.54) is 38.6 Å². The van der Waals surface area contributed by atoms with E-state index in [1.54, 1.807) is 16.7 Å². The smallest absolute Gasteiger partial charge is 0.0335 e. The standard InChI is InChI=1S/C13H17N/c1-2-6-11-10(4-1)5-3-7-12(11)13-8-9-14-13/h3,5,7,13-14H,1-2,4,6,8-9H2. The van der Waals surface area contributed by atoms with Crippen LogP contribution in [-0.4, -0.2) is 6.54 Å². The van der Waals surface area contributed by atoms with E-state index < -0.39 is 0 Å². The van der Waals surface area contributed by atoms with Gasteiger partial charge in [-0.1, -0.05) is 18.2 Å². The Balaban J connectivity index is 2.01. The molecule has 1 heteroatoms. The summed E-state index contributed by atoms with van der Waals surface area (Å²) in [7, 11) is 0. The van der Waals surface area contributed by atoms with E-state index in [2.05, 4.69) is 23.5 Å². The van der Waals surface area contributed by atoms with Gasteiger partial charge in [0.15, 0.2) is 0 Å². The third kappa shape index (κ3) is 1.27. The molecule has 0 amide bonds. The second kappa shape index (κ2) is 3.39. The number of fused-ring (bicyclic) bond motifs is 1. The van der Waals surface area contributed by atoms with Crippen LogP contribution in [0.2, 0.25) is 0 Å². The first-order valence-corrected chi connectivity index (χ1v) is 5.79. The van der Waals surface area contributed by atoms with Gasteiger partial charge in [0, 0.05) is 6.04 Å². The summed E-state index contributed by atoms with van der Waals surface area (Å²) in [5.41, 5.74) is 4.87. The van der Waals surface area contributed by atoms with E-state index in [1.807, 2.05) is 0 Å². The van der Waals surface area contributed by atoms with Gasteiger partial charge in [0.1, 0.15) is 0 Å². The molecule has 1 aromatic carbocycles. The van der Waals surface area contributed by atoms with Gasteiger partial charge in [-0.3, -0.25) is 0 Å². The summed E-state index contributed by atoms with van der Waals surface area (Å²) in [4.78, 5) is 0. The molecule has 0 spiro atoms. The SMILES string of the molecule is c1cc2c(c(C3CCN3)c1)CCCC2. The van der Waals surface area contributed by atoms with Crippen molar-refractivity contribution < 1.29 is 0 Å². The molecule has 1 aliphatic heterocycles. The van der Waals surface area contributed by atoms with E-state index >= 15 is 0 Å². The lowest BCUT2D eigenvalue weighted by molar-refractivity contribution is 0.379. The first kappa shape index (κ1) is 8.49. The van der Waals surface area contributed by atoms with E-state index in [4.69, 9.17) is 0 Å². The van der Waals surface area contributed by atoms with Gasteiger partial charge in [0.25, 0.3) is 0 Å². The summed E-state index contributed by atoms with van der Waals surface area (Å²) in [5.74, 6) is 0. The van der Waals surface area contributed by atoms with Gasteiger partial charge >= 0.3 is 0 Å². The fraction of sp³-hybridized carbons (Fsp3) is 0.538. The molecule has 1 N–H and O–H groups in total. The first-order valence-electron chi connectivity index (χ1n) is 5.79. The maximum atomic E-state index is 3.51. The lowest BCUT2D eigenvalue weighted by Crippen LogP contribution is -2.35. The average molecular weight is 187 g/mol. The number of benzene rings is 1. The molecule has 1 fully saturated rings. The Labute approximate surface area is 85.5 Å². The van der Waals surface area contributed by atoms with Gasteiger partial charge in [0.05, 0.1) is 0 Å². The summed E-state index contributed by atoms with van der Waals surface area (Å²) in [6.45, 7) is 1.20. The Bertz CT molecular complexity index is 339. The van der Waals surface area contributed by atoms with Crippen LogP contribution in [0.25, 0.3) is 0 Å². The van der Waals surface area contributed by atoms with Crippen LogP contribution < -0.4 is 5.32 Å². The molecule has 1 aromatic rings. The highest BCUT2D eigenvalue weighted by molar-refractivity contribution is 5.39. The Morgan fingerprint density at radius 1 is 1.14 bits per heavy atom. The van der Waals surface area contributed by atoms with Gasteiger partial charge in [-0.05, 0) is 55.3 Å². The van der Waals surface area contributed by atoms with Crippen LogP contribution in [0.15, 0.2) is 18.2 Å². The van der Waals surface area contributed by atoms with Crippen molar-refractivity contribution in [2.24, 2.45) is 0 Å². The highest BCUT2D eigenvalue weighted by Crippen LogP contribution is 2.31. The molecule has 0 bridgehead atoms. The van der Waals surface area contributed by atoms with Crippen molar-refractivity contribution in [3.05, 3.63) is 34.9 Å². The number of nitrogens with one attached hydrogen (secondary N) is 1. The van der Waals surface area contributed by atoms with Gasteiger partial charge in [-0.25, -0.2) is 0 Å². The maximum absolute atomic E-state index is 3.51. The number of hydrogen-bond donors (Lipinski definition) is 1. The van der Waals surface area contributed by atoms with Crippen molar-refractivity contribution in [2.75, 3.05) is 6.54 Å². The molecule has 2 aliphatic rings. The fourth-order valence-electron chi connectivity index (χ4n) is 2.69. The van der Waals surface area contributed by atoms with E-state index in [-0.39, 0.29) is 0 Å². The third-order valence-electron chi connectivity index (χ3n) is 3.63. The molecular formula is C13H17N. The molecule has 1 unspecified atom stereocenters. The molecule has 1 atom stereocenters. The van der Waals surface area contributed by atoms with Crippen LogP contribution in [0.5, 0.6) is 0 Å². The second-order valence-electron chi connectivity index (χ2n) is 4.49. The molecule has 0 saturated carbocycles. The molecule has 0 aromatic heterocycles. The molecule has 74 valence electrons. The van der Waals surface area contributed by atoms with Crippen LogP contribution in [0.3, 0.4) is 0 Å². The minimum absolute atomic E-state index is 0.669. The van der Waals surface area contributed by atoms with Crippen LogP contribution in [0.4, 0.5) is 0 Å². The van der Waals surface area contributed by atoms with Gasteiger partial charge in [-0.15, -0.1) is 0 Å². The van der Waals surface area contributed by atoms with Crippen LogP contribution >= 0.6 is 0 Å². The predicted molar refractivity (Wildman–Crippen MR) is 58.4 cm³/mol. The first-order chi connectivity index (χ1) is 6.95. The average Bonchev–Trinajstić information content (AvgIpc) is 2.16. The van der Waals surface area contributed by atoms with E-state index in [0.717, 1.165) is 0 Å². The Hall–Kier alpha value is -0.820. The van der Waals surface area contributed by atoms with Gasteiger partial charge in [-0.2, -0.15) is 0 Å². The summed E-state index contributed by atoms with van der Waals surface area (Å²) in [5, 5.41) is 3.51. The molecular weight excluding hydrogens is 170 g/mol. The molecule has 1 nitrogen and oxygen atoms in total. The van der Waals surface area contributed by atoms with Crippen molar-refractivity contribution in [1.82, 2.24) is 5.32 Å². The highest BCUT2D eigenvalue weighted by atomic mass is 15.0. The van der Waals surface area contributed by atoms with E-state index in [9.17, 15) is 0 Å². The minimum atomic E-state index is 0.669. The van der Waals surface area contributed by atoms with Crippen LogP contribution in [0.1, 0.15) is 42.0 Å². The number of aryl methyl sites for hydroxylation is 1. The van der Waals surface area contributed by atoms with Gasteiger partial charge in [0.2, 0.25) is 0 Å². The number of rotatable bonds is 1. The fourth-order valence-corrected chi connectivity index (χ4v) is 2.69. The molecule has 1 heterocycles. The van der Waals surface area contributed by atoms with Crippen molar-refractivity contribution in [3.63, 3.8) is 0 Å². The predicted octanol–water partition coefficient (Wildman–Crippen LogP) is 2.60. The van der Waals surface area contributed by atoms with Crippen molar-refractivity contribution in [2.45, 2.75) is 38.1 Å². The van der Waals surface area contributed by atoms with Crippen LogP contribution in [0, 0.1) is 0 Å². The lowest BCUT2D eigenvalue weighted by Gasteiger charge is -2.32. The zero-order chi connectivity index (χ0) is 9.38. The summed E-state index contributed by atoms with van der Waals surface area (Å²) >= 11 is 0. The molecule has 3 rings (SSSR count). The topological polar surface area (TPSA) is 12.0 Å². The second-order valence-corrected chi connectivity index (χ2v) is 4.49. The molecule has 1 aliphatic carbocycles. The minimum Gasteiger partial charge on any atom is -0.310 e. The van der Waals surface area contributed by atoms with Crippen LogP contribution in [-0.2, 0) is 12.8 Å². The Morgan fingerprint density at radius 3 is 2.79 bits per heavy atom. The molecule has 14 heavy (non-hydrogen) atoms. The molecule has 1 saturated heterocycles. The summed E-state index contributed by atoms with van der Waals surface area (Å²) in [6.07, 6.45) is 6.71. The summed E-state index contributed by atoms with van der Waals surface area (Å²) in [6, 6.07) is 7.54. The Kier molecular flexibility index (Phi) is 2.06. The quantitative estimate of drug-likeness (QED) is 0.712. The molecule has 0 radical (unpaired) electrons. The summed E-state index contributed by atoms with van der Waals surface area (Å²) < 4.78 is 0. The maximum Gasteiger partial charge on any atom is 0.0335 e. The van der Waals surface area contributed by atoms with Crippen molar-refractivity contribution in [1.29, 1.82) is 0 Å². The zero-order valence-corrected chi connectivity index (χ0v) is 8.55. The van der Waals surface area contributed by atoms with Crippen molar-refractivity contribution >= 4 is 0 Å². The monoisotopic (exact) mass is 187 g/mol. The zero-order valence-electron chi connectivity index (χ0n) is 8.55. The number of hydrogen-bond acceptors (Lipinski definition) is 1. The van der Waals surface area contributed by atoms with Crippen molar-refractivity contribution in [3.8, 4) is 0 Å². The third-order valence-corrected chi connectivity index (χ3v) is 3.63. The largest absolute Gasteiger partial charge is 0.310 e.